The number of carbonyl (C=O) groups excluding carboxylic acids is 1. The van der Waals surface area contributed by atoms with Crippen LogP contribution in [0.1, 0.15) is 53.0 Å². The molecular weight excluding hydrogens is 392 g/mol. The fourth-order valence-corrected chi connectivity index (χ4v) is 4.90. The highest BCUT2D eigenvalue weighted by Gasteiger charge is 2.33. The fourth-order valence-electron chi connectivity index (χ4n) is 4.90. The predicted molar refractivity (Wildman–Crippen MR) is 117 cm³/mol. The van der Waals surface area contributed by atoms with Gasteiger partial charge in [-0.25, -0.2) is 0 Å². The number of β-amino-alcohol motifs (C(OH)–C–C–N with tert-alkyl or cyclic N) is 1. The van der Waals surface area contributed by atoms with Crippen LogP contribution < -0.4 is 4.74 Å². The van der Waals surface area contributed by atoms with Gasteiger partial charge in [-0.3, -0.25) is 14.4 Å². The molecule has 5 rings (SSSR count). The maximum atomic E-state index is 13.4. The summed E-state index contributed by atoms with van der Waals surface area (Å²) >= 11 is 0. The Morgan fingerprint density at radius 2 is 2.13 bits per heavy atom. The van der Waals surface area contributed by atoms with Crippen molar-refractivity contribution in [3.63, 3.8) is 0 Å². The first-order valence-electron chi connectivity index (χ1n) is 11.5. The number of rotatable bonds is 6. The van der Waals surface area contributed by atoms with Gasteiger partial charge in [-0.05, 0) is 49.3 Å². The number of piperidine rings is 1. The quantitative estimate of drug-likeness (QED) is 0.771. The molecule has 7 nitrogen and oxygen atoms in total. The molecule has 2 aromatic rings. The van der Waals surface area contributed by atoms with Crippen LogP contribution in [-0.4, -0.2) is 70.0 Å². The number of fused-ring (bicyclic) bond motifs is 1. The molecule has 1 saturated heterocycles. The van der Waals surface area contributed by atoms with E-state index in [0.717, 1.165) is 61.7 Å². The molecule has 0 bridgehead atoms. The molecule has 0 spiro atoms. The molecule has 1 atom stereocenters. The topological polar surface area (TPSA) is 70.8 Å². The van der Waals surface area contributed by atoms with Gasteiger partial charge < -0.3 is 14.7 Å². The molecule has 1 aliphatic carbocycles. The normalized spacial score (nSPS) is 21.7. The van der Waals surface area contributed by atoms with E-state index in [-0.39, 0.29) is 5.91 Å². The number of carbonyl (C=O) groups is 1. The average molecular weight is 425 g/mol. The lowest BCUT2D eigenvalue weighted by Crippen LogP contribution is -2.43. The fraction of sp³-hybridized carbons (Fsp3) is 0.583. The largest absolute Gasteiger partial charge is 0.497 e. The van der Waals surface area contributed by atoms with Crippen molar-refractivity contribution < 1.29 is 14.6 Å². The zero-order valence-corrected chi connectivity index (χ0v) is 18.3. The van der Waals surface area contributed by atoms with Crippen LogP contribution in [0.3, 0.4) is 0 Å². The highest BCUT2D eigenvalue weighted by molar-refractivity contribution is 5.94. The summed E-state index contributed by atoms with van der Waals surface area (Å²) in [4.78, 5) is 17.7. The smallest absolute Gasteiger partial charge is 0.274 e. The molecule has 1 saturated carbocycles. The van der Waals surface area contributed by atoms with E-state index in [1.54, 1.807) is 12.0 Å². The van der Waals surface area contributed by atoms with Gasteiger partial charge in [0.1, 0.15) is 5.75 Å². The molecule has 1 unspecified atom stereocenters. The van der Waals surface area contributed by atoms with Gasteiger partial charge in [-0.1, -0.05) is 12.1 Å². The summed E-state index contributed by atoms with van der Waals surface area (Å²) < 4.78 is 7.39. The summed E-state index contributed by atoms with van der Waals surface area (Å²) in [5.74, 6) is 1.62. The van der Waals surface area contributed by atoms with E-state index in [4.69, 9.17) is 9.84 Å². The summed E-state index contributed by atoms with van der Waals surface area (Å²) in [6.07, 6.45) is 4.74. The minimum Gasteiger partial charge on any atom is -0.497 e. The van der Waals surface area contributed by atoms with Crippen LogP contribution in [0, 0.1) is 5.92 Å². The Morgan fingerprint density at radius 1 is 1.26 bits per heavy atom. The number of hydrogen-bond acceptors (Lipinski definition) is 5. The summed E-state index contributed by atoms with van der Waals surface area (Å²) in [6.45, 7) is 4.65. The van der Waals surface area contributed by atoms with Gasteiger partial charge >= 0.3 is 0 Å². The van der Waals surface area contributed by atoms with E-state index in [1.807, 2.05) is 22.9 Å². The molecule has 1 N–H and O–H groups in total. The summed E-state index contributed by atoms with van der Waals surface area (Å²) in [6, 6.07) is 8.02. The predicted octanol–water partition coefficient (Wildman–Crippen LogP) is 2.30. The lowest BCUT2D eigenvalue weighted by atomic mass is 10.0. The first-order chi connectivity index (χ1) is 15.1. The Hall–Kier alpha value is -2.38. The first-order valence-corrected chi connectivity index (χ1v) is 11.5. The van der Waals surface area contributed by atoms with Crippen LogP contribution in [0.4, 0.5) is 0 Å². The van der Waals surface area contributed by atoms with E-state index >= 15 is 0 Å². The molecule has 2 fully saturated rings. The molecule has 3 heterocycles. The molecule has 0 radical (unpaired) electrons. The van der Waals surface area contributed by atoms with Crippen molar-refractivity contribution in [1.29, 1.82) is 0 Å². The first kappa shape index (κ1) is 20.5. The number of methoxy groups -OCH3 is 1. The number of aliphatic hydroxyl groups excluding tert-OH is 1. The van der Waals surface area contributed by atoms with Crippen molar-refractivity contribution in [3.05, 3.63) is 46.8 Å². The van der Waals surface area contributed by atoms with E-state index in [1.165, 1.54) is 18.5 Å². The summed E-state index contributed by atoms with van der Waals surface area (Å²) in [5.41, 5.74) is 3.94. The molecule has 3 aliphatic rings. The van der Waals surface area contributed by atoms with Crippen molar-refractivity contribution >= 4 is 5.91 Å². The highest BCUT2D eigenvalue weighted by atomic mass is 16.5. The molecule has 7 heteroatoms. The Labute approximate surface area is 183 Å². The molecule has 1 aromatic heterocycles. The Bertz CT molecular complexity index is 952. The van der Waals surface area contributed by atoms with E-state index in [0.29, 0.717) is 25.3 Å². The second kappa shape index (κ2) is 8.63. The van der Waals surface area contributed by atoms with Crippen molar-refractivity contribution in [1.82, 2.24) is 19.6 Å². The van der Waals surface area contributed by atoms with Gasteiger partial charge in [0.2, 0.25) is 0 Å². The average Bonchev–Trinajstić information content (AvgIpc) is 3.53. The van der Waals surface area contributed by atoms with E-state index < -0.39 is 6.10 Å². The third-order valence-electron chi connectivity index (χ3n) is 6.78. The molecular formula is C24H32N4O3. The molecule has 166 valence electrons. The molecule has 2 aliphatic heterocycles. The van der Waals surface area contributed by atoms with Crippen molar-refractivity contribution in [3.8, 4) is 5.75 Å². The number of nitrogens with zero attached hydrogens (tertiary/aromatic N) is 4. The second-order valence-corrected chi connectivity index (χ2v) is 9.26. The third kappa shape index (κ3) is 4.48. The van der Waals surface area contributed by atoms with Crippen LogP contribution in [-0.2, 0) is 19.5 Å². The standard InChI is InChI=1S/C24H32N4O3/c1-31-20-6-2-4-18(12-20)14-28-22-9-11-26(13-17-7-8-17)16-21(22)23(25-28)24(30)27-10-3-5-19(29)15-27/h2,4,6,12,17,19,29H,3,5,7-11,13-16H2,1H3. The van der Waals surface area contributed by atoms with Crippen LogP contribution in [0.2, 0.25) is 0 Å². The Morgan fingerprint density at radius 3 is 2.90 bits per heavy atom. The minimum absolute atomic E-state index is 0.0346. The number of aliphatic hydroxyl groups is 1. The van der Waals surface area contributed by atoms with Gasteiger partial charge in [-0.15, -0.1) is 0 Å². The Kier molecular flexibility index (Phi) is 5.71. The van der Waals surface area contributed by atoms with Crippen molar-refractivity contribution in [2.75, 3.05) is 33.3 Å². The van der Waals surface area contributed by atoms with E-state index in [2.05, 4.69) is 11.0 Å². The monoisotopic (exact) mass is 424 g/mol. The van der Waals surface area contributed by atoms with Crippen LogP contribution in [0.5, 0.6) is 5.75 Å². The lowest BCUT2D eigenvalue weighted by molar-refractivity contribution is 0.0466. The molecule has 1 aromatic carbocycles. The number of ether oxygens (including phenoxy) is 1. The number of likely N-dealkylation sites (tertiary alicyclic amines) is 1. The van der Waals surface area contributed by atoms with Crippen LogP contribution >= 0.6 is 0 Å². The maximum absolute atomic E-state index is 13.4. The number of benzene rings is 1. The van der Waals surface area contributed by atoms with Crippen molar-refractivity contribution in [2.45, 2.75) is 51.3 Å². The van der Waals surface area contributed by atoms with Gasteiger partial charge in [0, 0.05) is 50.4 Å². The minimum atomic E-state index is -0.432. The van der Waals surface area contributed by atoms with Crippen LogP contribution in [0.15, 0.2) is 24.3 Å². The lowest BCUT2D eigenvalue weighted by Gasteiger charge is -2.31. The Balaban J connectivity index is 1.45. The second-order valence-electron chi connectivity index (χ2n) is 9.26. The molecule has 31 heavy (non-hydrogen) atoms. The zero-order chi connectivity index (χ0) is 21.4. The molecule has 1 amide bonds. The van der Waals surface area contributed by atoms with Gasteiger partial charge in [-0.2, -0.15) is 5.10 Å². The summed E-state index contributed by atoms with van der Waals surface area (Å²) in [5, 5.41) is 14.9. The van der Waals surface area contributed by atoms with Gasteiger partial charge in [0.25, 0.3) is 5.91 Å². The number of amides is 1. The third-order valence-corrected chi connectivity index (χ3v) is 6.78. The van der Waals surface area contributed by atoms with Gasteiger partial charge in [0.15, 0.2) is 5.69 Å². The summed E-state index contributed by atoms with van der Waals surface area (Å²) in [7, 11) is 1.67. The van der Waals surface area contributed by atoms with Crippen LogP contribution in [0.25, 0.3) is 0 Å². The van der Waals surface area contributed by atoms with Crippen molar-refractivity contribution in [2.24, 2.45) is 5.92 Å². The number of aromatic nitrogens is 2. The number of hydrogen-bond donors (Lipinski definition) is 1. The maximum Gasteiger partial charge on any atom is 0.274 e. The van der Waals surface area contributed by atoms with Gasteiger partial charge in [0.05, 0.1) is 19.8 Å². The zero-order valence-electron chi connectivity index (χ0n) is 18.3. The van der Waals surface area contributed by atoms with E-state index in [9.17, 15) is 9.90 Å². The SMILES string of the molecule is COc1cccc(Cn2nc(C(=O)N3CCCC(O)C3)c3c2CCN(CC2CC2)C3)c1. The highest BCUT2D eigenvalue weighted by Crippen LogP contribution is 2.32.